The van der Waals surface area contributed by atoms with Crippen molar-refractivity contribution in [2.24, 2.45) is 46.8 Å². The molecule has 9 heteroatoms. The van der Waals surface area contributed by atoms with Crippen LogP contribution in [0.4, 0.5) is 0 Å². The summed E-state index contributed by atoms with van der Waals surface area (Å²) in [6, 6.07) is 0. The minimum Gasteiger partial charge on any atom is -0.469 e. The van der Waals surface area contributed by atoms with Crippen molar-refractivity contribution in [3.8, 4) is 0 Å². The normalized spacial score (nSPS) is 45.8. The zero-order valence-electron chi connectivity index (χ0n) is 23.2. The van der Waals surface area contributed by atoms with E-state index >= 15 is 0 Å². The Morgan fingerprint density at radius 1 is 1.21 bits per heavy atom. The van der Waals surface area contributed by atoms with Crippen molar-refractivity contribution in [3.63, 3.8) is 0 Å². The fourth-order valence-electron chi connectivity index (χ4n) is 8.27. The van der Waals surface area contributed by atoms with Crippen LogP contribution >= 0.6 is 11.6 Å². The molecular formula is C29H43ClO8. The molecule has 4 fully saturated rings. The van der Waals surface area contributed by atoms with Crippen molar-refractivity contribution in [1.29, 1.82) is 0 Å². The van der Waals surface area contributed by atoms with Gasteiger partial charge in [-0.05, 0) is 55.3 Å². The van der Waals surface area contributed by atoms with Gasteiger partial charge in [0.25, 0.3) is 0 Å². The number of methoxy groups -OCH3 is 1. The maximum atomic E-state index is 13.3. The molecule has 38 heavy (non-hydrogen) atoms. The van der Waals surface area contributed by atoms with E-state index in [1.807, 2.05) is 20.8 Å². The van der Waals surface area contributed by atoms with E-state index in [1.54, 1.807) is 0 Å². The van der Waals surface area contributed by atoms with Crippen LogP contribution in [0.3, 0.4) is 0 Å². The fourth-order valence-corrected chi connectivity index (χ4v) is 8.70. The number of carbonyl (C=O) groups is 3. The predicted octanol–water partition coefficient (Wildman–Crippen LogP) is 3.64. The summed E-state index contributed by atoms with van der Waals surface area (Å²) < 4.78 is 16.4. The van der Waals surface area contributed by atoms with E-state index in [2.05, 4.69) is 6.58 Å². The van der Waals surface area contributed by atoms with Gasteiger partial charge >= 0.3 is 17.9 Å². The molecule has 0 aromatic heterocycles. The molecule has 0 aliphatic heterocycles. The van der Waals surface area contributed by atoms with E-state index in [9.17, 15) is 24.6 Å². The molecule has 214 valence electrons. The number of carbonyl (C=O) groups excluding carboxylic acids is 3. The summed E-state index contributed by atoms with van der Waals surface area (Å²) >= 11 is 6.84. The highest BCUT2D eigenvalue weighted by molar-refractivity contribution is 6.22. The van der Waals surface area contributed by atoms with E-state index in [1.165, 1.54) is 14.0 Å². The molecule has 8 nitrogen and oxygen atoms in total. The fraction of sp³-hybridized carbons (Fsp3) is 0.828. The SMILES string of the molecule is C=C1[C@H](Cl)C[C@@](O)(CC(=O)OC)[C@@H](OC(C)=O)[C@H]2[C@@H](C)[C@@H](C(=O)OCCC)[C@@H]3C[C@@H]3[C@]2(C)[C@@H](O)[C@@H]2CC[C@H]12. The highest BCUT2D eigenvalue weighted by atomic mass is 35.5. The molecule has 0 radical (unpaired) electrons. The summed E-state index contributed by atoms with van der Waals surface area (Å²) in [5.74, 6) is -3.22. The second kappa shape index (κ2) is 10.7. The molecule has 0 unspecified atom stereocenters. The molecule has 0 heterocycles. The first-order chi connectivity index (χ1) is 17.8. The molecule has 0 aromatic carbocycles. The number of ether oxygens (including phenoxy) is 3. The summed E-state index contributed by atoms with van der Waals surface area (Å²) in [7, 11) is 1.23. The lowest BCUT2D eigenvalue weighted by Gasteiger charge is -2.59. The van der Waals surface area contributed by atoms with E-state index in [0.29, 0.717) is 18.6 Å². The average Bonchev–Trinajstić information content (AvgIpc) is 3.61. The maximum absolute atomic E-state index is 13.3. The Labute approximate surface area is 230 Å². The van der Waals surface area contributed by atoms with Crippen LogP contribution in [0, 0.1) is 46.8 Å². The number of aliphatic hydroxyl groups is 2. The minimum atomic E-state index is -1.91. The van der Waals surface area contributed by atoms with Gasteiger partial charge in [0.05, 0.1) is 37.5 Å². The Kier molecular flexibility index (Phi) is 8.29. The third-order valence-electron chi connectivity index (χ3n) is 10.3. The van der Waals surface area contributed by atoms with Crippen LogP contribution in [0.2, 0.25) is 0 Å². The van der Waals surface area contributed by atoms with E-state index < -0.39 is 64.7 Å². The van der Waals surface area contributed by atoms with E-state index in [-0.39, 0.29) is 36.1 Å². The molecule has 0 spiro atoms. The van der Waals surface area contributed by atoms with E-state index in [0.717, 1.165) is 19.3 Å². The highest BCUT2D eigenvalue weighted by Gasteiger charge is 2.72. The summed E-state index contributed by atoms with van der Waals surface area (Å²) in [6.07, 6.45) is 0.521. The number of fused-ring (bicyclic) bond motifs is 4. The summed E-state index contributed by atoms with van der Waals surface area (Å²) in [5.41, 5.74) is -1.99. The van der Waals surface area contributed by atoms with Crippen LogP contribution in [0.5, 0.6) is 0 Å². The van der Waals surface area contributed by atoms with Gasteiger partial charge in [0, 0.05) is 24.7 Å². The Bertz CT molecular complexity index is 968. The number of esters is 3. The molecule has 4 saturated carbocycles. The van der Waals surface area contributed by atoms with Crippen LogP contribution in [0.25, 0.3) is 0 Å². The van der Waals surface area contributed by atoms with Gasteiger partial charge in [-0.1, -0.05) is 32.9 Å². The Morgan fingerprint density at radius 3 is 2.45 bits per heavy atom. The van der Waals surface area contributed by atoms with Gasteiger partial charge < -0.3 is 24.4 Å². The number of allylic oxidation sites excluding steroid dienone is 1. The number of hydrogen-bond donors (Lipinski definition) is 2. The summed E-state index contributed by atoms with van der Waals surface area (Å²) in [4.78, 5) is 38.5. The quantitative estimate of drug-likeness (QED) is 0.221. The van der Waals surface area contributed by atoms with Gasteiger partial charge in [0.2, 0.25) is 0 Å². The van der Waals surface area contributed by atoms with Crippen LogP contribution in [0.15, 0.2) is 12.2 Å². The van der Waals surface area contributed by atoms with Gasteiger partial charge in [-0.2, -0.15) is 0 Å². The van der Waals surface area contributed by atoms with Crippen LogP contribution in [-0.2, 0) is 28.6 Å². The standard InChI is InChI=1S/C29H43ClO8/c1-7-10-37-27(34)23-15(3)24-26(38-16(4)31)29(35,13-22(32)36-6)12-21(30)14(2)17-8-9-18(17)25(33)28(24,5)20-11-19(20)23/h15,17-21,23-26,33,35H,2,7-13H2,1,3-6H3/t15-,17+,18+,19+,20-,21+,23+,24+,25-,26-,28-,29+/m0/s1. The second-order valence-electron chi connectivity index (χ2n) is 12.4. The molecule has 0 aromatic rings. The number of alkyl halides is 1. The molecule has 4 rings (SSSR count). The van der Waals surface area contributed by atoms with Crippen molar-refractivity contribution >= 4 is 29.5 Å². The highest BCUT2D eigenvalue weighted by Crippen LogP contribution is 2.70. The zero-order valence-corrected chi connectivity index (χ0v) is 23.9. The van der Waals surface area contributed by atoms with Crippen molar-refractivity contribution in [3.05, 3.63) is 12.2 Å². The number of hydrogen-bond acceptors (Lipinski definition) is 8. The van der Waals surface area contributed by atoms with Gasteiger partial charge in [0.15, 0.2) is 0 Å². The third kappa shape index (κ3) is 4.79. The monoisotopic (exact) mass is 554 g/mol. The summed E-state index contributed by atoms with van der Waals surface area (Å²) in [5, 5.41) is 23.7. The first-order valence-corrected chi connectivity index (χ1v) is 14.4. The smallest absolute Gasteiger partial charge is 0.309 e. The van der Waals surface area contributed by atoms with Crippen molar-refractivity contribution in [2.75, 3.05) is 13.7 Å². The van der Waals surface area contributed by atoms with E-state index in [4.69, 9.17) is 25.8 Å². The van der Waals surface area contributed by atoms with Gasteiger partial charge in [-0.15, -0.1) is 11.6 Å². The van der Waals surface area contributed by atoms with Crippen molar-refractivity contribution in [1.82, 2.24) is 0 Å². The van der Waals surface area contributed by atoms with Crippen molar-refractivity contribution in [2.45, 2.75) is 89.4 Å². The molecule has 2 N–H and O–H groups in total. The van der Waals surface area contributed by atoms with Gasteiger partial charge in [0.1, 0.15) is 11.7 Å². The lowest BCUT2D eigenvalue weighted by Crippen LogP contribution is -2.65. The van der Waals surface area contributed by atoms with Crippen LogP contribution < -0.4 is 0 Å². The first kappa shape index (κ1) is 29.3. The second-order valence-corrected chi connectivity index (χ2v) is 12.9. The molecule has 0 bridgehead atoms. The Balaban J connectivity index is 1.89. The molecule has 4 aliphatic rings. The number of aliphatic hydroxyl groups excluding tert-OH is 1. The predicted molar refractivity (Wildman–Crippen MR) is 140 cm³/mol. The minimum absolute atomic E-state index is 0.0163. The lowest BCUT2D eigenvalue weighted by atomic mass is 9.48. The largest absolute Gasteiger partial charge is 0.469 e. The molecule has 4 aliphatic carbocycles. The first-order valence-electron chi connectivity index (χ1n) is 14.0. The van der Waals surface area contributed by atoms with Gasteiger partial charge in [-0.3, -0.25) is 14.4 Å². The van der Waals surface area contributed by atoms with Crippen LogP contribution in [0.1, 0.15) is 66.2 Å². The number of halogens is 1. The summed E-state index contributed by atoms with van der Waals surface area (Å²) in [6.45, 7) is 11.6. The number of rotatable bonds is 6. The van der Waals surface area contributed by atoms with Crippen LogP contribution in [-0.4, -0.2) is 65.0 Å². The lowest BCUT2D eigenvalue weighted by molar-refractivity contribution is -0.223. The molecule has 12 atom stereocenters. The maximum Gasteiger partial charge on any atom is 0.309 e. The molecule has 0 amide bonds. The zero-order chi connectivity index (χ0) is 28.2. The topological polar surface area (TPSA) is 119 Å². The Morgan fingerprint density at radius 2 is 1.89 bits per heavy atom. The third-order valence-corrected chi connectivity index (χ3v) is 10.7. The Hall–Kier alpha value is -1.64. The van der Waals surface area contributed by atoms with Crippen molar-refractivity contribution < 1.29 is 38.8 Å². The van der Waals surface area contributed by atoms with Gasteiger partial charge in [-0.25, -0.2) is 0 Å². The molecular weight excluding hydrogens is 512 g/mol. The molecule has 0 saturated heterocycles. The average molecular weight is 555 g/mol.